The van der Waals surface area contributed by atoms with Gasteiger partial charge in [0.1, 0.15) is 17.1 Å². The number of aromatic carboxylic acids is 1. The number of nitrogens with zero attached hydrogens (tertiary/aromatic N) is 2. The number of carboxylic acids is 1. The lowest BCUT2D eigenvalue weighted by molar-refractivity contribution is -0.385. The maximum atomic E-state index is 11.0. The molecule has 0 spiro atoms. The topological polar surface area (TPSA) is 113 Å². The average Bonchev–Trinajstić information content (AvgIpc) is 2.47. The lowest BCUT2D eigenvalue weighted by Gasteiger charge is -2.06. The zero-order chi connectivity index (χ0) is 15.4. The molecule has 0 saturated carbocycles. The van der Waals surface area contributed by atoms with Gasteiger partial charge in [0, 0.05) is 12.1 Å². The molecule has 0 aromatic heterocycles. The Morgan fingerprint density at radius 1 is 1.19 bits per heavy atom. The second kappa shape index (κ2) is 5.71. The predicted molar refractivity (Wildman–Crippen MR) is 71.3 cm³/mol. The van der Waals surface area contributed by atoms with Gasteiger partial charge in [-0.2, -0.15) is 5.26 Å². The van der Waals surface area contributed by atoms with Gasteiger partial charge in [-0.05, 0) is 30.3 Å². The third kappa shape index (κ3) is 3.13. The van der Waals surface area contributed by atoms with Gasteiger partial charge in [0.15, 0.2) is 0 Å². The summed E-state index contributed by atoms with van der Waals surface area (Å²) in [5.74, 6) is -0.867. The molecule has 0 unspecified atom stereocenters. The monoisotopic (exact) mass is 284 g/mol. The van der Waals surface area contributed by atoms with E-state index in [9.17, 15) is 14.9 Å². The Balaban J connectivity index is 2.32. The first kappa shape index (κ1) is 14.0. The van der Waals surface area contributed by atoms with Crippen molar-refractivity contribution < 1.29 is 19.6 Å². The fraction of sp³-hybridized carbons (Fsp3) is 0. The third-order valence-electron chi connectivity index (χ3n) is 2.61. The standard InChI is InChI=1S/C14H8N2O5/c15-8-9-1-3-10(4-2-9)21-11-5-6-13(16(19)20)12(7-11)14(17)18/h1-7H,(H,17,18). The molecule has 0 amide bonds. The third-order valence-corrected chi connectivity index (χ3v) is 2.61. The summed E-state index contributed by atoms with van der Waals surface area (Å²) in [5, 5.41) is 28.4. The first-order valence-corrected chi connectivity index (χ1v) is 5.71. The molecule has 21 heavy (non-hydrogen) atoms. The minimum Gasteiger partial charge on any atom is -0.477 e. The molecule has 0 radical (unpaired) electrons. The number of ether oxygens (including phenoxy) is 1. The van der Waals surface area contributed by atoms with Crippen molar-refractivity contribution in [2.75, 3.05) is 0 Å². The summed E-state index contributed by atoms with van der Waals surface area (Å²) < 4.78 is 5.41. The van der Waals surface area contributed by atoms with Crippen molar-refractivity contribution in [1.82, 2.24) is 0 Å². The Hall–Kier alpha value is -3.40. The highest BCUT2D eigenvalue weighted by atomic mass is 16.6. The van der Waals surface area contributed by atoms with Crippen molar-refractivity contribution in [3.63, 3.8) is 0 Å². The highest BCUT2D eigenvalue weighted by molar-refractivity contribution is 5.92. The van der Waals surface area contributed by atoms with Crippen molar-refractivity contribution in [2.45, 2.75) is 0 Å². The summed E-state index contributed by atoms with van der Waals surface area (Å²) in [6, 6.07) is 11.6. The van der Waals surface area contributed by atoms with Crippen LogP contribution in [0, 0.1) is 21.4 Å². The van der Waals surface area contributed by atoms with Gasteiger partial charge >= 0.3 is 5.97 Å². The van der Waals surface area contributed by atoms with E-state index in [1.807, 2.05) is 6.07 Å². The van der Waals surface area contributed by atoms with E-state index in [4.69, 9.17) is 15.1 Å². The van der Waals surface area contributed by atoms with E-state index >= 15 is 0 Å². The van der Waals surface area contributed by atoms with Gasteiger partial charge in [-0.25, -0.2) is 4.79 Å². The molecule has 2 aromatic rings. The molecule has 0 bridgehead atoms. The minimum absolute atomic E-state index is 0.155. The predicted octanol–water partition coefficient (Wildman–Crippen LogP) is 2.96. The highest BCUT2D eigenvalue weighted by Gasteiger charge is 2.20. The number of nitro benzene ring substituents is 1. The maximum absolute atomic E-state index is 11.0. The van der Waals surface area contributed by atoms with E-state index in [0.717, 1.165) is 12.1 Å². The molecular formula is C14H8N2O5. The van der Waals surface area contributed by atoms with Gasteiger partial charge in [0.05, 0.1) is 16.6 Å². The molecule has 104 valence electrons. The van der Waals surface area contributed by atoms with Gasteiger partial charge in [-0.15, -0.1) is 0 Å². The zero-order valence-corrected chi connectivity index (χ0v) is 10.5. The molecule has 7 heteroatoms. The van der Waals surface area contributed by atoms with Gasteiger partial charge in [0.25, 0.3) is 5.69 Å². The molecule has 0 heterocycles. The fourth-order valence-electron chi connectivity index (χ4n) is 1.64. The van der Waals surface area contributed by atoms with Crippen LogP contribution in [0.25, 0.3) is 0 Å². The van der Waals surface area contributed by atoms with Crippen LogP contribution in [0.2, 0.25) is 0 Å². The summed E-state index contributed by atoms with van der Waals surface area (Å²) in [4.78, 5) is 21.0. The Labute approximate surface area is 118 Å². The van der Waals surface area contributed by atoms with E-state index in [-0.39, 0.29) is 5.75 Å². The molecular weight excluding hydrogens is 276 g/mol. The largest absolute Gasteiger partial charge is 0.477 e. The Bertz CT molecular complexity index is 747. The molecule has 2 rings (SSSR count). The van der Waals surface area contributed by atoms with Crippen LogP contribution in [0.1, 0.15) is 15.9 Å². The molecule has 0 aliphatic rings. The number of benzene rings is 2. The Morgan fingerprint density at radius 2 is 1.81 bits per heavy atom. The second-order valence-electron chi connectivity index (χ2n) is 3.98. The van der Waals surface area contributed by atoms with Crippen LogP contribution in [-0.4, -0.2) is 16.0 Å². The van der Waals surface area contributed by atoms with Crippen LogP contribution in [0.4, 0.5) is 5.69 Å². The number of nitro groups is 1. The Morgan fingerprint density at radius 3 is 2.33 bits per heavy atom. The van der Waals surface area contributed by atoms with Crippen LogP contribution in [0.3, 0.4) is 0 Å². The lowest BCUT2D eigenvalue weighted by atomic mass is 10.1. The van der Waals surface area contributed by atoms with Crippen LogP contribution < -0.4 is 4.74 Å². The number of hydrogen-bond acceptors (Lipinski definition) is 5. The SMILES string of the molecule is N#Cc1ccc(Oc2ccc([N+](=O)[O-])c(C(=O)O)c2)cc1. The van der Waals surface area contributed by atoms with Crippen LogP contribution >= 0.6 is 0 Å². The average molecular weight is 284 g/mol. The molecule has 1 N–H and O–H groups in total. The van der Waals surface area contributed by atoms with Gasteiger partial charge < -0.3 is 9.84 Å². The number of hydrogen-bond donors (Lipinski definition) is 1. The van der Waals surface area contributed by atoms with E-state index in [2.05, 4.69) is 0 Å². The molecule has 0 atom stereocenters. The number of rotatable bonds is 4. The summed E-state index contributed by atoms with van der Waals surface area (Å²) in [6.45, 7) is 0. The molecule has 0 saturated heterocycles. The van der Waals surface area contributed by atoms with E-state index < -0.39 is 22.1 Å². The molecule has 0 fully saturated rings. The Kier molecular flexibility index (Phi) is 3.81. The summed E-state index contributed by atoms with van der Waals surface area (Å²) in [5.41, 5.74) is -0.502. The molecule has 7 nitrogen and oxygen atoms in total. The fourth-order valence-corrected chi connectivity index (χ4v) is 1.64. The zero-order valence-electron chi connectivity index (χ0n) is 10.5. The van der Waals surface area contributed by atoms with Crippen molar-refractivity contribution in [3.05, 3.63) is 63.7 Å². The number of carbonyl (C=O) groups is 1. The highest BCUT2D eigenvalue weighted by Crippen LogP contribution is 2.27. The van der Waals surface area contributed by atoms with Crippen molar-refractivity contribution in [2.24, 2.45) is 0 Å². The van der Waals surface area contributed by atoms with E-state index in [1.54, 1.807) is 24.3 Å². The first-order chi connectivity index (χ1) is 10.0. The minimum atomic E-state index is -1.41. The van der Waals surface area contributed by atoms with Crippen LogP contribution in [0.15, 0.2) is 42.5 Å². The van der Waals surface area contributed by atoms with Gasteiger partial charge in [0.2, 0.25) is 0 Å². The first-order valence-electron chi connectivity index (χ1n) is 5.71. The van der Waals surface area contributed by atoms with Crippen molar-refractivity contribution >= 4 is 11.7 Å². The van der Waals surface area contributed by atoms with Crippen molar-refractivity contribution in [1.29, 1.82) is 5.26 Å². The smallest absolute Gasteiger partial charge is 0.342 e. The normalized spacial score (nSPS) is 9.67. The second-order valence-corrected chi connectivity index (χ2v) is 3.98. The van der Waals surface area contributed by atoms with E-state index in [1.165, 1.54) is 6.07 Å². The van der Waals surface area contributed by atoms with Crippen LogP contribution in [-0.2, 0) is 0 Å². The summed E-state index contributed by atoms with van der Waals surface area (Å²) >= 11 is 0. The number of nitriles is 1. The lowest BCUT2D eigenvalue weighted by Crippen LogP contribution is -2.02. The number of carboxylic acid groups (broad SMARTS) is 1. The molecule has 0 aliphatic heterocycles. The maximum Gasteiger partial charge on any atom is 0.342 e. The van der Waals surface area contributed by atoms with Crippen molar-refractivity contribution in [3.8, 4) is 17.6 Å². The molecule has 2 aromatic carbocycles. The quantitative estimate of drug-likeness (QED) is 0.682. The summed E-state index contributed by atoms with van der Waals surface area (Å²) in [7, 11) is 0. The molecule has 0 aliphatic carbocycles. The van der Waals surface area contributed by atoms with Gasteiger partial charge in [-0.3, -0.25) is 10.1 Å². The van der Waals surface area contributed by atoms with Crippen LogP contribution in [0.5, 0.6) is 11.5 Å². The van der Waals surface area contributed by atoms with E-state index in [0.29, 0.717) is 11.3 Å². The van der Waals surface area contributed by atoms with Gasteiger partial charge in [-0.1, -0.05) is 0 Å². The summed E-state index contributed by atoms with van der Waals surface area (Å²) in [6.07, 6.45) is 0.